The van der Waals surface area contributed by atoms with E-state index in [-0.39, 0.29) is 51.2 Å². The van der Waals surface area contributed by atoms with E-state index in [0.717, 1.165) is 25.7 Å². The molecule has 0 amide bonds. The quantitative estimate of drug-likeness (QED) is 0.159. The number of pyridine rings is 1. The lowest BCUT2D eigenvalue weighted by atomic mass is 10.0. The molecule has 12 nitrogen and oxygen atoms in total. The number of nitrogens with zero attached hydrogens (tertiary/aromatic N) is 6. The maximum Gasteiger partial charge on any atom is 0.308 e. The van der Waals surface area contributed by atoms with Crippen molar-refractivity contribution in [2.45, 2.75) is 50.7 Å². The van der Waals surface area contributed by atoms with Crippen LogP contribution < -0.4 is 20.8 Å². The fourth-order valence-corrected chi connectivity index (χ4v) is 6.64. The van der Waals surface area contributed by atoms with Gasteiger partial charge in [-0.05, 0) is 69.2 Å². The van der Waals surface area contributed by atoms with Crippen molar-refractivity contribution in [3.8, 4) is 11.6 Å². The van der Waals surface area contributed by atoms with Gasteiger partial charge in [0.15, 0.2) is 22.7 Å². The number of ether oxygens (including phenoxy) is 1. The molecule has 1 saturated carbocycles. The van der Waals surface area contributed by atoms with E-state index in [1.54, 1.807) is 16.8 Å². The highest BCUT2D eigenvalue weighted by atomic mass is 32.1. The lowest BCUT2D eigenvalue weighted by Crippen LogP contribution is -2.47. The molecule has 1 saturated heterocycles. The van der Waals surface area contributed by atoms with Crippen molar-refractivity contribution in [1.29, 1.82) is 0 Å². The maximum atomic E-state index is 16.0. The minimum atomic E-state index is -1.13. The van der Waals surface area contributed by atoms with E-state index in [1.165, 1.54) is 25.3 Å². The summed E-state index contributed by atoms with van der Waals surface area (Å²) in [6, 6.07) is 5.42. The second-order valence-corrected chi connectivity index (χ2v) is 12.5. The number of aliphatic carboxylic acids is 1. The van der Waals surface area contributed by atoms with Gasteiger partial charge in [-0.2, -0.15) is 0 Å². The van der Waals surface area contributed by atoms with Gasteiger partial charge in [0.05, 0.1) is 30.0 Å². The summed E-state index contributed by atoms with van der Waals surface area (Å²) in [5.74, 6) is -2.18. The van der Waals surface area contributed by atoms with Gasteiger partial charge in [0, 0.05) is 55.4 Å². The Kier molecular flexibility index (Phi) is 8.85. The SMILES string of the molecule is COc1c(N2CCCC(N(C)CCn3c(O)c(N=NC(N)=S)c4cc(F)ccc43)C2)c(F)cc2c(=O)c(CC(=O)O)cn(C3CC3)c12. The van der Waals surface area contributed by atoms with Crippen LogP contribution in [-0.2, 0) is 17.8 Å². The van der Waals surface area contributed by atoms with Crippen molar-refractivity contribution in [1.82, 2.24) is 14.0 Å². The van der Waals surface area contributed by atoms with E-state index in [9.17, 15) is 24.2 Å². The lowest BCUT2D eigenvalue weighted by molar-refractivity contribution is -0.136. The number of methoxy groups -OCH3 is 1. The summed E-state index contributed by atoms with van der Waals surface area (Å²) in [7, 11) is 3.40. The van der Waals surface area contributed by atoms with Gasteiger partial charge < -0.3 is 34.7 Å². The molecule has 3 heterocycles. The Morgan fingerprint density at radius 1 is 1.21 bits per heavy atom. The second-order valence-electron chi connectivity index (χ2n) is 12.1. The van der Waals surface area contributed by atoms with Gasteiger partial charge in [0.1, 0.15) is 11.5 Å². The van der Waals surface area contributed by atoms with Crippen LogP contribution in [0.25, 0.3) is 21.8 Å². The standard InChI is InChI=1S/C32H35F2N7O5S/c1-38(10-11-40-24-8-5-18(33)13-21(24)26(31(40)45)36-37-32(35)47)20-4-3-9-39(16-20)28-23(34)14-22-27(30(28)46-2)41(19-6-7-19)15-17(29(22)44)12-25(42)43/h5,8,13-15,19-20,45H,3-4,6-7,9-12,16H2,1-2H3,(H2,35,47)(H,42,43). The number of aromatic nitrogens is 2. The van der Waals surface area contributed by atoms with E-state index >= 15 is 4.39 Å². The molecular formula is C32H35F2N7O5S. The van der Waals surface area contributed by atoms with Gasteiger partial charge in [-0.3, -0.25) is 14.5 Å². The Balaban J connectivity index is 1.28. The zero-order valence-corrected chi connectivity index (χ0v) is 26.8. The molecule has 1 atom stereocenters. The fraction of sp³-hybridized carbons (Fsp3) is 0.406. The minimum absolute atomic E-state index is 0.00214. The number of rotatable bonds is 10. The molecule has 2 aromatic carbocycles. The number of carboxylic acids is 1. The third kappa shape index (κ3) is 6.24. The van der Waals surface area contributed by atoms with Crippen molar-refractivity contribution in [2.24, 2.45) is 16.0 Å². The lowest BCUT2D eigenvalue weighted by Gasteiger charge is -2.39. The summed E-state index contributed by atoms with van der Waals surface area (Å²) in [4.78, 5) is 28.8. The number of thiocarbonyl (C=S) groups is 1. The third-order valence-electron chi connectivity index (χ3n) is 8.99. The van der Waals surface area contributed by atoms with Gasteiger partial charge in [-0.15, -0.1) is 10.2 Å². The zero-order valence-electron chi connectivity index (χ0n) is 25.9. The van der Waals surface area contributed by atoms with Gasteiger partial charge >= 0.3 is 5.97 Å². The number of carboxylic acid groups (broad SMARTS) is 1. The minimum Gasteiger partial charge on any atom is -0.493 e. The Bertz CT molecular complexity index is 1990. The van der Waals surface area contributed by atoms with Crippen LogP contribution in [-0.4, -0.2) is 75.2 Å². The Labute approximate surface area is 273 Å². The number of anilines is 1. The predicted molar refractivity (Wildman–Crippen MR) is 177 cm³/mol. The van der Waals surface area contributed by atoms with Crippen LogP contribution >= 0.6 is 12.2 Å². The number of benzene rings is 2. The first-order chi connectivity index (χ1) is 22.5. The first-order valence-electron chi connectivity index (χ1n) is 15.3. The Morgan fingerprint density at radius 3 is 2.66 bits per heavy atom. The van der Waals surface area contributed by atoms with Crippen LogP contribution in [0.15, 0.2) is 45.5 Å². The monoisotopic (exact) mass is 667 g/mol. The van der Waals surface area contributed by atoms with E-state index in [0.29, 0.717) is 42.6 Å². The van der Waals surface area contributed by atoms with Crippen LogP contribution in [0.1, 0.15) is 37.3 Å². The topological polar surface area (TPSA) is 151 Å². The largest absolute Gasteiger partial charge is 0.493 e. The molecule has 0 spiro atoms. The molecule has 2 fully saturated rings. The van der Waals surface area contributed by atoms with Crippen LogP contribution in [0.3, 0.4) is 0 Å². The molecule has 0 bridgehead atoms. The molecule has 1 aliphatic carbocycles. The maximum absolute atomic E-state index is 16.0. The number of aromatic hydroxyl groups is 1. The number of likely N-dealkylation sites (N-methyl/N-ethyl adjacent to an activating group) is 1. The summed E-state index contributed by atoms with van der Waals surface area (Å²) in [5, 5.41) is 28.3. The van der Waals surface area contributed by atoms with Crippen molar-refractivity contribution in [3.05, 3.63) is 57.9 Å². The number of carbonyl (C=O) groups is 1. The highest BCUT2D eigenvalue weighted by Gasteiger charge is 2.33. The fourth-order valence-electron chi connectivity index (χ4n) is 6.60. The molecule has 2 aliphatic rings. The number of halogens is 2. The Hall–Kier alpha value is -4.63. The molecule has 4 aromatic rings. The molecule has 0 radical (unpaired) electrons. The van der Waals surface area contributed by atoms with Gasteiger partial charge in [-0.25, -0.2) is 8.78 Å². The van der Waals surface area contributed by atoms with Crippen molar-refractivity contribution >= 4 is 56.5 Å². The average Bonchev–Trinajstić information content (AvgIpc) is 3.84. The molecule has 248 valence electrons. The average molecular weight is 668 g/mol. The second kappa shape index (κ2) is 12.9. The number of hydrogen-bond donors (Lipinski definition) is 3. The van der Waals surface area contributed by atoms with Crippen molar-refractivity contribution in [3.63, 3.8) is 0 Å². The van der Waals surface area contributed by atoms with Gasteiger partial charge in [0.2, 0.25) is 11.0 Å². The Morgan fingerprint density at radius 2 is 1.98 bits per heavy atom. The summed E-state index contributed by atoms with van der Waals surface area (Å²) < 4.78 is 39.5. The smallest absolute Gasteiger partial charge is 0.308 e. The molecule has 15 heteroatoms. The van der Waals surface area contributed by atoms with Crippen molar-refractivity contribution < 1.29 is 28.5 Å². The molecule has 2 aromatic heterocycles. The molecule has 1 unspecified atom stereocenters. The summed E-state index contributed by atoms with van der Waals surface area (Å²) in [6.07, 6.45) is 4.47. The number of hydrogen-bond acceptors (Lipinski definition) is 8. The van der Waals surface area contributed by atoms with Gasteiger partial charge in [-0.1, -0.05) is 0 Å². The third-order valence-corrected chi connectivity index (χ3v) is 9.07. The van der Waals surface area contributed by atoms with E-state index in [2.05, 4.69) is 15.1 Å². The van der Waals surface area contributed by atoms with Crippen LogP contribution in [0.4, 0.5) is 20.2 Å². The number of piperidine rings is 1. The highest BCUT2D eigenvalue weighted by Crippen LogP contribution is 2.44. The summed E-state index contributed by atoms with van der Waals surface area (Å²) in [5.41, 5.74) is 6.40. The predicted octanol–water partition coefficient (Wildman–Crippen LogP) is 4.84. The number of fused-ring (bicyclic) bond motifs is 2. The van der Waals surface area contributed by atoms with Crippen molar-refractivity contribution in [2.75, 3.05) is 38.7 Å². The van der Waals surface area contributed by atoms with Crippen LogP contribution in [0.2, 0.25) is 0 Å². The number of nitrogens with two attached hydrogens (primary N) is 1. The molecule has 6 rings (SSSR count). The van der Waals surface area contributed by atoms with Crippen LogP contribution in [0.5, 0.6) is 11.6 Å². The number of azo groups is 1. The van der Waals surface area contributed by atoms with E-state index in [1.807, 2.05) is 16.5 Å². The molecule has 47 heavy (non-hydrogen) atoms. The van der Waals surface area contributed by atoms with E-state index in [4.69, 9.17) is 22.7 Å². The van der Waals surface area contributed by atoms with Crippen LogP contribution in [0, 0.1) is 11.6 Å². The molecular weight excluding hydrogens is 632 g/mol. The molecule has 4 N–H and O–H groups in total. The van der Waals surface area contributed by atoms with E-state index < -0.39 is 29.5 Å². The first-order valence-corrected chi connectivity index (χ1v) is 15.7. The highest BCUT2D eigenvalue weighted by molar-refractivity contribution is 7.80. The zero-order chi connectivity index (χ0) is 33.6. The normalized spacial score (nSPS) is 17.0. The summed E-state index contributed by atoms with van der Waals surface area (Å²) in [6.45, 7) is 1.87. The first kappa shape index (κ1) is 32.3. The molecule has 1 aliphatic heterocycles. The van der Waals surface area contributed by atoms with Gasteiger partial charge in [0.25, 0.3) is 0 Å². The summed E-state index contributed by atoms with van der Waals surface area (Å²) >= 11 is 4.77.